The zero-order valence-corrected chi connectivity index (χ0v) is 16.7. The molecule has 1 saturated heterocycles. The van der Waals surface area contributed by atoms with Gasteiger partial charge in [0.15, 0.2) is 0 Å². The SMILES string of the molecule is COc1ccc(CNC(=O)CNc2ccc(N3CCCCC3)cc2C(N)=O)cc1. The summed E-state index contributed by atoms with van der Waals surface area (Å²) in [6.45, 7) is 2.44. The van der Waals surface area contributed by atoms with E-state index < -0.39 is 5.91 Å². The number of methoxy groups -OCH3 is 1. The predicted octanol–water partition coefficient (Wildman–Crippen LogP) is 2.51. The van der Waals surface area contributed by atoms with Crippen molar-refractivity contribution in [2.45, 2.75) is 25.8 Å². The van der Waals surface area contributed by atoms with Crippen LogP contribution in [0.1, 0.15) is 35.2 Å². The Morgan fingerprint density at radius 1 is 1.07 bits per heavy atom. The zero-order chi connectivity index (χ0) is 20.6. The number of nitrogens with one attached hydrogen (secondary N) is 2. The molecule has 1 heterocycles. The first-order chi connectivity index (χ1) is 14.1. The van der Waals surface area contributed by atoms with E-state index in [4.69, 9.17) is 10.5 Å². The molecule has 2 aromatic carbocycles. The summed E-state index contributed by atoms with van der Waals surface area (Å²) >= 11 is 0. The van der Waals surface area contributed by atoms with Gasteiger partial charge >= 0.3 is 0 Å². The highest BCUT2D eigenvalue weighted by Crippen LogP contribution is 2.25. The van der Waals surface area contributed by atoms with Crippen LogP contribution in [0.5, 0.6) is 5.75 Å². The van der Waals surface area contributed by atoms with Gasteiger partial charge in [-0.15, -0.1) is 0 Å². The van der Waals surface area contributed by atoms with Crippen LogP contribution in [0.3, 0.4) is 0 Å². The fourth-order valence-corrected chi connectivity index (χ4v) is 3.42. The van der Waals surface area contributed by atoms with Crippen molar-refractivity contribution in [3.05, 3.63) is 53.6 Å². The van der Waals surface area contributed by atoms with Gasteiger partial charge in [-0.1, -0.05) is 12.1 Å². The van der Waals surface area contributed by atoms with Gasteiger partial charge in [0.05, 0.1) is 19.2 Å². The maximum absolute atomic E-state index is 12.2. The number of rotatable bonds is 8. The minimum absolute atomic E-state index is 0.0551. The van der Waals surface area contributed by atoms with Gasteiger partial charge in [-0.25, -0.2) is 0 Å². The lowest BCUT2D eigenvalue weighted by Crippen LogP contribution is -2.31. The summed E-state index contributed by atoms with van der Waals surface area (Å²) in [5.74, 6) is 0.0927. The van der Waals surface area contributed by atoms with Crippen LogP contribution in [0, 0.1) is 0 Å². The molecule has 0 aliphatic carbocycles. The summed E-state index contributed by atoms with van der Waals surface area (Å²) in [6.07, 6.45) is 3.55. The highest BCUT2D eigenvalue weighted by Gasteiger charge is 2.15. The second kappa shape index (κ2) is 9.82. The second-order valence-electron chi connectivity index (χ2n) is 7.12. The standard InChI is InChI=1S/C22H28N4O3/c1-29-18-8-5-16(6-9-18)14-25-21(27)15-24-20-10-7-17(13-19(20)22(23)28)26-11-3-2-4-12-26/h5-10,13,24H,2-4,11-12,14-15H2,1H3,(H2,23,28)(H,25,27). The Balaban J connectivity index is 1.57. The van der Waals surface area contributed by atoms with Gasteiger partial charge < -0.3 is 26.0 Å². The highest BCUT2D eigenvalue weighted by molar-refractivity contribution is 6.00. The number of ether oxygens (including phenoxy) is 1. The molecular weight excluding hydrogens is 368 g/mol. The van der Waals surface area contributed by atoms with Gasteiger partial charge in [0.25, 0.3) is 5.91 Å². The molecule has 0 unspecified atom stereocenters. The third-order valence-corrected chi connectivity index (χ3v) is 5.08. The van der Waals surface area contributed by atoms with Gasteiger partial charge in [-0.05, 0) is 55.2 Å². The van der Waals surface area contributed by atoms with E-state index in [1.54, 1.807) is 7.11 Å². The number of amides is 2. The lowest BCUT2D eigenvalue weighted by atomic mass is 10.1. The summed E-state index contributed by atoms with van der Waals surface area (Å²) in [7, 11) is 1.61. The number of hydrogen-bond donors (Lipinski definition) is 3. The molecule has 2 aromatic rings. The van der Waals surface area contributed by atoms with Crippen LogP contribution < -0.4 is 26.0 Å². The average molecular weight is 396 g/mol. The number of primary amides is 1. The normalized spacial score (nSPS) is 13.6. The molecule has 29 heavy (non-hydrogen) atoms. The van der Waals surface area contributed by atoms with Crippen LogP contribution in [0.2, 0.25) is 0 Å². The summed E-state index contributed by atoms with van der Waals surface area (Å²) < 4.78 is 5.12. The van der Waals surface area contributed by atoms with Crippen LogP contribution in [-0.4, -0.2) is 38.6 Å². The Kier molecular flexibility index (Phi) is 6.94. The second-order valence-corrected chi connectivity index (χ2v) is 7.12. The van der Waals surface area contributed by atoms with Crippen molar-refractivity contribution >= 4 is 23.2 Å². The third kappa shape index (κ3) is 5.63. The number of carbonyl (C=O) groups is 2. The molecule has 3 rings (SSSR count). The number of hydrogen-bond acceptors (Lipinski definition) is 5. The molecule has 1 fully saturated rings. The number of piperidine rings is 1. The highest BCUT2D eigenvalue weighted by atomic mass is 16.5. The Hall–Kier alpha value is -3.22. The van der Waals surface area contributed by atoms with E-state index in [9.17, 15) is 9.59 Å². The van der Waals surface area contributed by atoms with E-state index in [-0.39, 0.29) is 12.5 Å². The summed E-state index contributed by atoms with van der Waals surface area (Å²) in [5, 5.41) is 5.88. The van der Waals surface area contributed by atoms with Gasteiger partial charge in [0.2, 0.25) is 5.91 Å². The Morgan fingerprint density at radius 2 is 1.79 bits per heavy atom. The summed E-state index contributed by atoms with van der Waals surface area (Å²) in [5.41, 5.74) is 8.50. The fourth-order valence-electron chi connectivity index (χ4n) is 3.42. The van der Waals surface area contributed by atoms with Crippen LogP contribution in [-0.2, 0) is 11.3 Å². The molecule has 1 aliphatic rings. The van der Waals surface area contributed by atoms with Crippen molar-refractivity contribution in [2.75, 3.05) is 37.0 Å². The topological polar surface area (TPSA) is 96.7 Å². The maximum Gasteiger partial charge on any atom is 0.250 e. The molecule has 0 atom stereocenters. The zero-order valence-electron chi connectivity index (χ0n) is 16.7. The van der Waals surface area contributed by atoms with E-state index in [0.717, 1.165) is 42.9 Å². The molecule has 0 bridgehead atoms. The Labute approximate surface area is 171 Å². The van der Waals surface area contributed by atoms with Crippen LogP contribution in [0.15, 0.2) is 42.5 Å². The van der Waals surface area contributed by atoms with E-state index in [1.165, 1.54) is 6.42 Å². The predicted molar refractivity (Wildman–Crippen MR) is 114 cm³/mol. The molecule has 4 N–H and O–H groups in total. The lowest BCUT2D eigenvalue weighted by Gasteiger charge is -2.29. The maximum atomic E-state index is 12.2. The van der Waals surface area contributed by atoms with E-state index >= 15 is 0 Å². The molecule has 2 amide bonds. The van der Waals surface area contributed by atoms with Crippen molar-refractivity contribution in [1.29, 1.82) is 0 Å². The summed E-state index contributed by atoms with van der Waals surface area (Å²) in [6, 6.07) is 13.1. The number of nitrogens with two attached hydrogens (primary N) is 1. The van der Waals surface area contributed by atoms with Gasteiger partial charge in [-0.3, -0.25) is 9.59 Å². The largest absolute Gasteiger partial charge is 0.497 e. The van der Waals surface area contributed by atoms with Gasteiger partial charge in [-0.2, -0.15) is 0 Å². The Morgan fingerprint density at radius 3 is 2.45 bits per heavy atom. The van der Waals surface area contributed by atoms with E-state index in [1.807, 2.05) is 42.5 Å². The number of anilines is 2. The first-order valence-corrected chi connectivity index (χ1v) is 9.89. The third-order valence-electron chi connectivity index (χ3n) is 5.08. The average Bonchev–Trinajstić information content (AvgIpc) is 2.77. The monoisotopic (exact) mass is 396 g/mol. The number of carbonyl (C=O) groups excluding carboxylic acids is 2. The minimum atomic E-state index is -0.509. The van der Waals surface area contributed by atoms with Gasteiger partial charge in [0.1, 0.15) is 5.75 Å². The molecule has 0 spiro atoms. The van der Waals surface area contributed by atoms with Crippen LogP contribution in [0.4, 0.5) is 11.4 Å². The van der Waals surface area contributed by atoms with Crippen LogP contribution in [0.25, 0.3) is 0 Å². The fraction of sp³-hybridized carbons (Fsp3) is 0.364. The smallest absolute Gasteiger partial charge is 0.250 e. The van der Waals surface area contributed by atoms with E-state index in [0.29, 0.717) is 17.8 Å². The van der Waals surface area contributed by atoms with Crippen molar-refractivity contribution in [1.82, 2.24) is 5.32 Å². The first-order valence-electron chi connectivity index (χ1n) is 9.89. The molecule has 7 heteroatoms. The van der Waals surface area contributed by atoms with Crippen molar-refractivity contribution in [3.63, 3.8) is 0 Å². The molecule has 7 nitrogen and oxygen atoms in total. The number of nitrogens with zero attached hydrogens (tertiary/aromatic N) is 1. The molecular formula is C22H28N4O3. The van der Waals surface area contributed by atoms with Gasteiger partial charge in [0, 0.05) is 31.0 Å². The number of benzene rings is 2. The summed E-state index contributed by atoms with van der Waals surface area (Å²) in [4.78, 5) is 26.4. The molecule has 0 aromatic heterocycles. The van der Waals surface area contributed by atoms with Crippen molar-refractivity contribution in [2.24, 2.45) is 5.73 Å². The first kappa shape index (κ1) is 20.5. The quantitative estimate of drug-likeness (QED) is 0.637. The van der Waals surface area contributed by atoms with Crippen molar-refractivity contribution < 1.29 is 14.3 Å². The Bertz CT molecular complexity index is 846. The molecule has 0 saturated carbocycles. The minimum Gasteiger partial charge on any atom is -0.497 e. The van der Waals surface area contributed by atoms with Crippen LogP contribution >= 0.6 is 0 Å². The molecule has 1 aliphatic heterocycles. The molecule has 0 radical (unpaired) electrons. The van der Waals surface area contributed by atoms with E-state index in [2.05, 4.69) is 15.5 Å². The van der Waals surface area contributed by atoms with Crippen molar-refractivity contribution in [3.8, 4) is 5.75 Å². The lowest BCUT2D eigenvalue weighted by molar-refractivity contribution is -0.119. The molecule has 154 valence electrons.